The predicted molar refractivity (Wildman–Crippen MR) is 68.4 cm³/mol. The van der Waals surface area contributed by atoms with Crippen LogP contribution in [0.2, 0.25) is 0 Å². The zero-order chi connectivity index (χ0) is 14.1. The summed E-state index contributed by atoms with van der Waals surface area (Å²) in [7, 11) is -6.99. The first-order valence-electron chi connectivity index (χ1n) is 5.77. The van der Waals surface area contributed by atoms with E-state index in [4.69, 9.17) is 0 Å². The second kappa shape index (κ2) is 5.18. The summed E-state index contributed by atoms with van der Waals surface area (Å²) < 4.78 is 62.0. The predicted octanol–water partition coefficient (Wildman–Crippen LogP) is 0.681. The van der Waals surface area contributed by atoms with Crippen molar-refractivity contribution in [3.63, 3.8) is 0 Å². The van der Waals surface area contributed by atoms with Crippen LogP contribution in [0.1, 0.15) is 12.8 Å². The summed E-state index contributed by atoms with van der Waals surface area (Å²) in [6, 6.07) is 3.77. The summed E-state index contributed by atoms with van der Waals surface area (Å²) in [5, 5.41) is 0. The zero-order valence-electron chi connectivity index (χ0n) is 10.0. The average molecular weight is 307 g/mol. The van der Waals surface area contributed by atoms with Crippen molar-refractivity contribution >= 4 is 19.9 Å². The molecular formula is C11H14FNO4S2. The van der Waals surface area contributed by atoms with Crippen molar-refractivity contribution in [2.24, 2.45) is 0 Å². The van der Waals surface area contributed by atoms with E-state index in [0.717, 1.165) is 24.3 Å². The largest absolute Gasteiger partial charge is 0.240 e. The minimum atomic E-state index is -3.81. The third-order valence-corrected chi connectivity index (χ3v) is 6.27. The van der Waals surface area contributed by atoms with Crippen molar-refractivity contribution in [2.45, 2.75) is 23.8 Å². The van der Waals surface area contributed by atoms with E-state index in [9.17, 15) is 21.2 Å². The Morgan fingerprint density at radius 1 is 1.21 bits per heavy atom. The van der Waals surface area contributed by atoms with Crippen LogP contribution in [-0.2, 0) is 19.9 Å². The molecule has 5 nitrogen and oxygen atoms in total. The molecule has 106 valence electrons. The molecule has 1 aliphatic heterocycles. The van der Waals surface area contributed by atoms with Crippen molar-refractivity contribution in [3.05, 3.63) is 30.1 Å². The SMILES string of the molecule is O=S1(=O)CCCC(NS(=O)(=O)c2ccc(F)cc2)C1. The van der Waals surface area contributed by atoms with Crippen LogP contribution in [-0.4, -0.2) is 34.4 Å². The highest BCUT2D eigenvalue weighted by Gasteiger charge is 2.28. The molecule has 8 heteroatoms. The zero-order valence-corrected chi connectivity index (χ0v) is 11.7. The highest BCUT2D eigenvalue weighted by Crippen LogP contribution is 2.16. The fourth-order valence-corrected chi connectivity index (χ4v) is 5.03. The fraction of sp³-hybridized carbons (Fsp3) is 0.455. The minimum Gasteiger partial charge on any atom is -0.229 e. The van der Waals surface area contributed by atoms with Crippen molar-refractivity contribution < 1.29 is 21.2 Å². The number of sulfonamides is 1. The third-order valence-electron chi connectivity index (χ3n) is 2.91. The minimum absolute atomic E-state index is 0.0723. The lowest BCUT2D eigenvalue weighted by molar-refractivity contribution is 0.517. The molecule has 0 radical (unpaired) electrons. The van der Waals surface area contributed by atoms with Gasteiger partial charge in [0.05, 0.1) is 16.4 Å². The molecule has 2 rings (SSSR count). The second-order valence-electron chi connectivity index (χ2n) is 4.53. The lowest BCUT2D eigenvalue weighted by Gasteiger charge is -2.22. The smallest absolute Gasteiger partial charge is 0.229 e. The molecular weight excluding hydrogens is 293 g/mol. The van der Waals surface area contributed by atoms with Gasteiger partial charge in [-0.2, -0.15) is 0 Å². The number of halogens is 1. The van der Waals surface area contributed by atoms with Gasteiger partial charge in [-0.15, -0.1) is 0 Å². The summed E-state index contributed by atoms with van der Waals surface area (Å²) in [6.45, 7) is 0. The van der Waals surface area contributed by atoms with Gasteiger partial charge in [0, 0.05) is 6.04 Å². The molecule has 1 N–H and O–H groups in total. The van der Waals surface area contributed by atoms with Crippen LogP contribution in [0, 0.1) is 5.82 Å². The Bertz CT molecular complexity index is 652. The first-order valence-corrected chi connectivity index (χ1v) is 9.07. The Morgan fingerprint density at radius 2 is 1.84 bits per heavy atom. The van der Waals surface area contributed by atoms with E-state index in [-0.39, 0.29) is 16.4 Å². The summed E-state index contributed by atoms with van der Waals surface area (Å²) in [4.78, 5) is -0.0723. The van der Waals surface area contributed by atoms with Crippen LogP contribution in [0.25, 0.3) is 0 Å². The highest BCUT2D eigenvalue weighted by molar-refractivity contribution is 7.91. The molecule has 0 saturated carbocycles. The van der Waals surface area contributed by atoms with Crippen LogP contribution in [0.5, 0.6) is 0 Å². The van der Waals surface area contributed by atoms with E-state index in [0.29, 0.717) is 12.8 Å². The molecule has 1 heterocycles. The van der Waals surface area contributed by atoms with Crippen molar-refractivity contribution in [1.82, 2.24) is 4.72 Å². The van der Waals surface area contributed by atoms with Crippen molar-refractivity contribution in [3.8, 4) is 0 Å². The Morgan fingerprint density at radius 3 is 2.42 bits per heavy atom. The first kappa shape index (κ1) is 14.4. The Kier molecular flexibility index (Phi) is 3.93. The van der Waals surface area contributed by atoms with Gasteiger partial charge in [-0.25, -0.2) is 25.9 Å². The topological polar surface area (TPSA) is 80.3 Å². The number of hydrogen-bond donors (Lipinski definition) is 1. The molecule has 19 heavy (non-hydrogen) atoms. The van der Waals surface area contributed by atoms with Gasteiger partial charge in [0.25, 0.3) is 0 Å². The molecule has 1 atom stereocenters. The number of rotatable bonds is 3. The fourth-order valence-electron chi connectivity index (χ4n) is 2.02. The quantitative estimate of drug-likeness (QED) is 0.890. The Labute approximate surface area is 111 Å². The summed E-state index contributed by atoms with van der Waals surface area (Å²) in [5.74, 6) is -0.617. The van der Waals surface area contributed by atoms with Gasteiger partial charge >= 0.3 is 0 Å². The third kappa shape index (κ3) is 3.74. The molecule has 0 aliphatic carbocycles. The molecule has 1 aromatic carbocycles. The maximum atomic E-state index is 12.7. The second-order valence-corrected chi connectivity index (χ2v) is 8.47. The van der Waals surface area contributed by atoms with E-state index < -0.39 is 31.7 Å². The maximum absolute atomic E-state index is 12.7. The summed E-state index contributed by atoms with van der Waals surface area (Å²) in [5.41, 5.74) is 0. The summed E-state index contributed by atoms with van der Waals surface area (Å²) >= 11 is 0. The lowest BCUT2D eigenvalue weighted by atomic mass is 10.2. The molecule has 1 fully saturated rings. The van der Waals surface area contributed by atoms with Gasteiger partial charge in [0.1, 0.15) is 5.82 Å². The van der Waals surface area contributed by atoms with Gasteiger partial charge in [0.15, 0.2) is 9.84 Å². The molecule has 1 unspecified atom stereocenters. The molecule has 0 bridgehead atoms. The van der Waals surface area contributed by atoms with E-state index >= 15 is 0 Å². The van der Waals surface area contributed by atoms with Crippen LogP contribution < -0.4 is 4.72 Å². The van der Waals surface area contributed by atoms with Gasteiger partial charge in [-0.1, -0.05) is 0 Å². The van der Waals surface area contributed by atoms with Gasteiger partial charge in [-0.3, -0.25) is 0 Å². The van der Waals surface area contributed by atoms with Crippen LogP contribution in [0.15, 0.2) is 29.2 Å². The van der Waals surface area contributed by atoms with E-state index in [1.807, 2.05) is 0 Å². The molecule has 1 saturated heterocycles. The molecule has 1 aromatic rings. The molecule has 0 spiro atoms. The number of hydrogen-bond acceptors (Lipinski definition) is 4. The molecule has 0 aromatic heterocycles. The van der Waals surface area contributed by atoms with E-state index in [1.165, 1.54) is 0 Å². The monoisotopic (exact) mass is 307 g/mol. The van der Waals surface area contributed by atoms with E-state index in [1.54, 1.807) is 0 Å². The normalized spacial score (nSPS) is 23.1. The standard InChI is InChI=1S/C11H14FNO4S2/c12-9-3-5-11(6-4-9)19(16,17)13-10-2-1-7-18(14,15)8-10/h3-6,10,13H,1-2,7-8H2. The maximum Gasteiger partial charge on any atom is 0.240 e. The van der Waals surface area contributed by atoms with Crippen LogP contribution in [0.4, 0.5) is 4.39 Å². The molecule has 0 amide bonds. The van der Waals surface area contributed by atoms with Gasteiger partial charge in [-0.05, 0) is 37.1 Å². The highest BCUT2D eigenvalue weighted by atomic mass is 32.2. The van der Waals surface area contributed by atoms with Gasteiger partial charge < -0.3 is 0 Å². The number of benzene rings is 1. The van der Waals surface area contributed by atoms with Gasteiger partial charge in [0.2, 0.25) is 10.0 Å². The van der Waals surface area contributed by atoms with Crippen molar-refractivity contribution in [1.29, 1.82) is 0 Å². The lowest BCUT2D eigenvalue weighted by Crippen LogP contribution is -2.43. The molecule has 1 aliphatic rings. The number of sulfone groups is 1. The first-order chi connectivity index (χ1) is 8.78. The van der Waals surface area contributed by atoms with Crippen molar-refractivity contribution in [2.75, 3.05) is 11.5 Å². The average Bonchev–Trinajstić information content (AvgIpc) is 2.27. The van der Waals surface area contributed by atoms with E-state index in [2.05, 4.69) is 4.72 Å². The number of nitrogens with one attached hydrogen (secondary N) is 1. The van der Waals surface area contributed by atoms with Crippen LogP contribution in [0.3, 0.4) is 0 Å². The Balaban J connectivity index is 2.15. The van der Waals surface area contributed by atoms with Crippen LogP contribution >= 0.6 is 0 Å². The summed E-state index contributed by atoms with van der Waals surface area (Å²) in [6.07, 6.45) is 0.929. The Hall–Kier alpha value is -0.990.